The van der Waals surface area contributed by atoms with Crippen LogP contribution in [0.5, 0.6) is 0 Å². The van der Waals surface area contributed by atoms with Gasteiger partial charge in [0.1, 0.15) is 17.6 Å². The minimum Gasteiger partial charge on any atom is -0.437 e. The van der Waals surface area contributed by atoms with E-state index in [1.54, 1.807) is 48.5 Å². The predicted octanol–water partition coefficient (Wildman–Crippen LogP) is 3.28. The molecule has 1 fully saturated rings. The molecule has 3 rings (SSSR count). The van der Waals surface area contributed by atoms with Crippen molar-refractivity contribution in [2.75, 3.05) is 0 Å². The maximum atomic E-state index is 12.6. The van der Waals surface area contributed by atoms with Crippen LogP contribution < -0.4 is 0 Å². The lowest BCUT2D eigenvalue weighted by Gasteiger charge is -2.04. The fraction of sp³-hybridized carbons (Fsp3) is 0.0556. The first-order chi connectivity index (χ1) is 10.7. The van der Waals surface area contributed by atoms with Crippen LogP contribution in [0, 0.1) is 16.7 Å². The molecule has 2 aromatic rings. The van der Waals surface area contributed by atoms with E-state index in [-0.39, 0.29) is 23.0 Å². The maximum absolute atomic E-state index is 12.6. The number of carbonyl (C=O) groups excluding carboxylic acids is 1. The summed E-state index contributed by atoms with van der Waals surface area (Å²) in [5.74, 6) is -1.32. The number of carbonyl (C=O) groups is 1. The van der Waals surface area contributed by atoms with E-state index in [2.05, 4.69) is 0 Å². The normalized spacial score (nSPS) is 19.5. The highest BCUT2D eigenvalue weighted by molar-refractivity contribution is 6.21. The average Bonchev–Trinajstić information content (AvgIpc) is 2.85. The molecule has 1 unspecified atom stereocenters. The van der Waals surface area contributed by atoms with E-state index < -0.39 is 5.92 Å². The van der Waals surface area contributed by atoms with E-state index in [9.17, 15) is 10.1 Å². The van der Waals surface area contributed by atoms with Crippen molar-refractivity contribution in [2.24, 2.45) is 0 Å². The molecule has 0 bridgehead atoms. The predicted molar refractivity (Wildman–Crippen MR) is 82.0 cm³/mol. The van der Waals surface area contributed by atoms with Crippen molar-refractivity contribution in [3.63, 3.8) is 0 Å². The van der Waals surface area contributed by atoms with Crippen LogP contribution in [-0.2, 0) is 9.53 Å². The molecule has 0 saturated carbocycles. The Labute approximate surface area is 127 Å². The minimum absolute atomic E-state index is 0.0486. The molecule has 1 atom stereocenters. The Bertz CT molecular complexity index is 802. The van der Waals surface area contributed by atoms with Crippen LogP contribution in [0.15, 0.2) is 66.4 Å². The van der Waals surface area contributed by atoms with E-state index in [1.807, 2.05) is 18.2 Å². The Morgan fingerprint density at radius 3 is 2.23 bits per heavy atom. The van der Waals surface area contributed by atoms with E-state index >= 15 is 0 Å². The lowest BCUT2D eigenvalue weighted by Crippen LogP contribution is -2.12. The standard InChI is InChI=1S/C18H12N2O2/c19-11-14(12-7-3-1-4-8-12)17-16(21)15(18(20)22-17)13-9-5-2-6-10-13/h1-10,15,20H/b17-14+,20-18?. The van der Waals surface area contributed by atoms with Gasteiger partial charge in [-0.3, -0.25) is 10.2 Å². The Morgan fingerprint density at radius 1 is 1.05 bits per heavy atom. The van der Waals surface area contributed by atoms with Crippen molar-refractivity contribution < 1.29 is 9.53 Å². The zero-order valence-electron chi connectivity index (χ0n) is 11.6. The van der Waals surface area contributed by atoms with Gasteiger partial charge >= 0.3 is 0 Å². The molecular formula is C18H12N2O2. The van der Waals surface area contributed by atoms with Gasteiger partial charge in [0.25, 0.3) is 0 Å². The maximum Gasteiger partial charge on any atom is 0.216 e. The number of Topliss-reactive ketones (excluding diaryl/α,β-unsaturated/α-hetero) is 1. The molecule has 0 aliphatic carbocycles. The summed E-state index contributed by atoms with van der Waals surface area (Å²) in [5.41, 5.74) is 1.46. The Kier molecular flexibility index (Phi) is 3.55. The van der Waals surface area contributed by atoms with Gasteiger partial charge in [0.2, 0.25) is 11.7 Å². The van der Waals surface area contributed by atoms with Crippen LogP contribution in [0.3, 0.4) is 0 Å². The lowest BCUT2D eigenvalue weighted by molar-refractivity contribution is -0.115. The lowest BCUT2D eigenvalue weighted by atomic mass is 9.93. The first kappa shape index (κ1) is 13.8. The molecule has 1 N–H and O–H groups in total. The third-order valence-electron chi connectivity index (χ3n) is 3.49. The van der Waals surface area contributed by atoms with Crippen molar-refractivity contribution in [2.45, 2.75) is 5.92 Å². The van der Waals surface area contributed by atoms with Crippen LogP contribution in [0.25, 0.3) is 5.57 Å². The number of nitrogens with zero attached hydrogens (tertiary/aromatic N) is 1. The van der Waals surface area contributed by atoms with Gasteiger partial charge in [-0.15, -0.1) is 0 Å². The second-order valence-electron chi connectivity index (χ2n) is 4.86. The molecule has 22 heavy (non-hydrogen) atoms. The molecule has 0 radical (unpaired) electrons. The fourth-order valence-electron chi connectivity index (χ4n) is 2.44. The highest BCUT2D eigenvalue weighted by Gasteiger charge is 2.40. The van der Waals surface area contributed by atoms with Gasteiger partial charge in [-0.25, -0.2) is 0 Å². The zero-order valence-corrected chi connectivity index (χ0v) is 11.6. The van der Waals surface area contributed by atoms with Gasteiger partial charge in [-0.1, -0.05) is 60.7 Å². The number of benzene rings is 2. The summed E-state index contributed by atoms with van der Waals surface area (Å²) in [6.45, 7) is 0. The van der Waals surface area contributed by atoms with Gasteiger partial charge in [-0.2, -0.15) is 5.26 Å². The number of hydrogen-bond donors (Lipinski definition) is 1. The number of nitriles is 1. The molecule has 106 valence electrons. The van der Waals surface area contributed by atoms with Crippen LogP contribution >= 0.6 is 0 Å². The van der Waals surface area contributed by atoms with Crippen molar-refractivity contribution in [3.05, 3.63) is 77.5 Å². The van der Waals surface area contributed by atoms with Gasteiger partial charge in [0.15, 0.2) is 5.76 Å². The molecule has 0 aromatic heterocycles. The van der Waals surface area contributed by atoms with Gasteiger partial charge in [-0.05, 0) is 11.1 Å². The smallest absolute Gasteiger partial charge is 0.216 e. The molecule has 1 heterocycles. The summed E-state index contributed by atoms with van der Waals surface area (Å²) in [5, 5.41) is 17.3. The first-order valence-electron chi connectivity index (χ1n) is 6.77. The summed E-state index contributed by atoms with van der Waals surface area (Å²) < 4.78 is 5.34. The highest BCUT2D eigenvalue weighted by Crippen LogP contribution is 2.34. The zero-order chi connectivity index (χ0) is 15.5. The number of rotatable bonds is 2. The number of ketones is 1. The molecular weight excluding hydrogens is 276 g/mol. The number of nitrogens with one attached hydrogen (secondary N) is 1. The molecule has 4 nitrogen and oxygen atoms in total. The molecule has 0 spiro atoms. The molecule has 1 saturated heterocycles. The van der Waals surface area contributed by atoms with Gasteiger partial charge in [0, 0.05) is 0 Å². The number of allylic oxidation sites excluding steroid dienone is 2. The monoisotopic (exact) mass is 288 g/mol. The van der Waals surface area contributed by atoms with E-state index in [0.29, 0.717) is 11.1 Å². The van der Waals surface area contributed by atoms with E-state index in [4.69, 9.17) is 10.1 Å². The molecule has 2 aromatic carbocycles. The van der Waals surface area contributed by atoms with Crippen molar-refractivity contribution in [1.82, 2.24) is 0 Å². The van der Waals surface area contributed by atoms with Crippen LogP contribution in [0.4, 0.5) is 0 Å². The summed E-state index contributed by atoms with van der Waals surface area (Å²) in [6.07, 6.45) is 0. The SMILES string of the molecule is N#C/C(=C1\OC(=N)C(c2ccccc2)C1=O)c1ccccc1. The van der Waals surface area contributed by atoms with Crippen LogP contribution in [0.2, 0.25) is 0 Å². The van der Waals surface area contributed by atoms with E-state index in [1.165, 1.54) is 0 Å². The topological polar surface area (TPSA) is 73.9 Å². The summed E-state index contributed by atoms with van der Waals surface area (Å²) in [4.78, 5) is 12.6. The van der Waals surface area contributed by atoms with Crippen LogP contribution in [0.1, 0.15) is 17.0 Å². The van der Waals surface area contributed by atoms with Gasteiger partial charge in [0.05, 0.1) is 0 Å². The summed E-state index contributed by atoms with van der Waals surface area (Å²) in [6, 6.07) is 19.9. The van der Waals surface area contributed by atoms with E-state index in [0.717, 1.165) is 0 Å². The van der Waals surface area contributed by atoms with Crippen molar-refractivity contribution in [1.29, 1.82) is 10.7 Å². The summed E-state index contributed by atoms with van der Waals surface area (Å²) >= 11 is 0. The second-order valence-corrected chi connectivity index (χ2v) is 4.86. The first-order valence-corrected chi connectivity index (χ1v) is 6.77. The Balaban J connectivity index is 2.07. The molecule has 4 heteroatoms. The fourth-order valence-corrected chi connectivity index (χ4v) is 2.44. The summed E-state index contributed by atoms with van der Waals surface area (Å²) in [7, 11) is 0. The molecule has 0 amide bonds. The number of hydrogen-bond acceptors (Lipinski definition) is 4. The highest BCUT2D eigenvalue weighted by atomic mass is 16.5. The minimum atomic E-state index is -0.775. The Morgan fingerprint density at radius 2 is 1.64 bits per heavy atom. The average molecular weight is 288 g/mol. The second kappa shape index (κ2) is 5.66. The molecule has 1 aliphatic rings. The Hall–Kier alpha value is -3.19. The third-order valence-corrected chi connectivity index (χ3v) is 3.49. The van der Waals surface area contributed by atoms with Crippen molar-refractivity contribution in [3.8, 4) is 6.07 Å². The van der Waals surface area contributed by atoms with Crippen molar-refractivity contribution >= 4 is 17.3 Å². The van der Waals surface area contributed by atoms with Crippen LogP contribution in [-0.4, -0.2) is 11.7 Å². The quantitative estimate of drug-likeness (QED) is 0.680. The molecule has 1 aliphatic heterocycles. The number of ether oxygens (including phenoxy) is 1. The van der Waals surface area contributed by atoms with Gasteiger partial charge < -0.3 is 4.74 Å². The largest absolute Gasteiger partial charge is 0.437 e. The third kappa shape index (κ3) is 2.29.